The van der Waals surface area contributed by atoms with Gasteiger partial charge in [0, 0.05) is 31.1 Å². The predicted octanol–water partition coefficient (Wildman–Crippen LogP) is 3.28. The van der Waals surface area contributed by atoms with E-state index < -0.39 is 12.0 Å². The molecule has 3 aromatic rings. The SMILES string of the molecule is CCOC(=O)CN(CCOc1nc(N2CCn3c(nnc3C(F)(F)F)C2)c2cc(C)sc2n1)CC1CC1. The van der Waals surface area contributed by atoms with E-state index in [1.807, 2.05) is 22.8 Å². The number of alkyl halides is 3. The molecule has 5 rings (SSSR count). The molecule has 3 aromatic heterocycles. The highest BCUT2D eigenvalue weighted by atomic mass is 32.1. The molecule has 37 heavy (non-hydrogen) atoms. The van der Waals surface area contributed by atoms with Crippen molar-refractivity contribution in [2.75, 3.05) is 44.3 Å². The lowest BCUT2D eigenvalue weighted by atomic mass is 10.3. The number of esters is 1. The van der Waals surface area contributed by atoms with Crippen LogP contribution in [-0.2, 0) is 28.8 Å². The first kappa shape index (κ1) is 25.6. The van der Waals surface area contributed by atoms with Crippen molar-refractivity contribution in [3.8, 4) is 6.01 Å². The number of halogens is 3. The normalized spacial score (nSPS) is 15.9. The van der Waals surface area contributed by atoms with Crippen molar-refractivity contribution in [2.45, 2.75) is 46.0 Å². The zero-order valence-corrected chi connectivity index (χ0v) is 21.4. The van der Waals surface area contributed by atoms with Crippen LogP contribution in [0.5, 0.6) is 6.01 Å². The Morgan fingerprint density at radius 1 is 1.24 bits per heavy atom. The highest BCUT2D eigenvalue weighted by molar-refractivity contribution is 7.18. The van der Waals surface area contributed by atoms with Gasteiger partial charge < -0.3 is 18.9 Å². The fraction of sp³-hybridized carbons (Fsp3) is 0.609. The number of hydrogen-bond acceptors (Lipinski definition) is 10. The number of aromatic nitrogens is 5. The maximum absolute atomic E-state index is 13.2. The molecular weight excluding hydrogens is 511 g/mol. The number of nitrogens with zero attached hydrogens (tertiary/aromatic N) is 7. The molecule has 200 valence electrons. The molecule has 0 amide bonds. The molecule has 0 spiro atoms. The number of carbonyl (C=O) groups excluding carboxylic acids is 1. The van der Waals surface area contributed by atoms with E-state index in [0.717, 1.165) is 39.0 Å². The summed E-state index contributed by atoms with van der Waals surface area (Å²) in [6.45, 7) is 6.44. The summed E-state index contributed by atoms with van der Waals surface area (Å²) in [6, 6.07) is 2.16. The van der Waals surface area contributed by atoms with Crippen LogP contribution < -0.4 is 9.64 Å². The zero-order chi connectivity index (χ0) is 26.2. The highest BCUT2D eigenvalue weighted by Gasteiger charge is 2.39. The fourth-order valence-electron chi connectivity index (χ4n) is 4.42. The third-order valence-corrected chi connectivity index (χ3v) is 7.24. The maximum Gasteiger partial charge on any atom is 0.451 e. The number of hydrogen-bond donors (Lipinski definition) is 0. The molecule has 1 aliphatic carbocycles. The van der Waals surface area contributed by atoms with Crippen LogP contribution in [0.2, 0.25) is 0 Å². The number of carbonyl (C=O) groups is 1. The molecule has 0 bridgehead atoms. The summed E-state index contributed by atoms with van der Waals surface area (Å²) in [5, 5.41) is 7.96. The quantitative estimate of drug-likeness (QED) is 0.360. The lowest BCUT2D eigenvalue weighted by Crippen LogP contribution is -2.36. The van der Waals surface area contributed by atoms with E-state index in [1.54, 1.807) is 6.92 Å². The Labute approximate surface area is 215 Å². The van der Waals surface area contributed by atoms with Crippen LogP contribution in [-0.4, -0.2) is 75.0 Å². The van der Waals surface area contributed by atoms with Gasteiger partial charge in [0.25, 0.3) is 0 Å². The smallest absolute Gasteiger partial charge is 0.451 e. The summed E-state index contributed by atoms with van der Waals surface area (Å²) < 4.78 is 51.9. The minimum Gasteiger partial charge on any atom is -0.465 e. The Hall–Kier alpha value is -3.00. The summed E-state index contributed by atoms with van der Waals surface area (Å²) in [7, 11) is 0. The minimum absolute atomic E-state index is 0.0893. The second kappa shape index (κ2) is 10.4. The zero-order valence-electron chi connectivity index (χ0n) is 20.6. The summed E-state index contributed by atoms with van der Waals surface area (Å²) in [6.07, 6.45) is -2.23. The van der Waals surface area contributed by atoms with Gasteiger partial charge in [-0.15, -0.1) is 21.5 Å². The number of thiophene rings is 1. The van der Waals surface area contributed by atoms with Crippen LogP contribution in [0, 0.1) is 12.8 Å². The number of rotatable bonds is 10. The lowest BCUT2D eigenvalue weighted by Gasteiger charge is -2.29. The molecule has 0 radical (unpaired) electrons. The second-order valence-electron chi connectivity index (χ2n) is 9.25. The first-order valence-electron chi connectivity index (χ1n) is 12.2. The summed E-state index contributed by atoms with van der Waals surface area (Å²) in [4.78, 5) is 26.9. The Morgan fingerprint density at radius 2 is 2.05 bits per heavy atom. The third kappa shape index (κ3) is 5.95. The van der Waals surface area contributed by atoms with E-state index in [4.69, 9.17) is 9.47 Å². The molecule has 0 N–H and O–H groups in total. The number of anilines is 1. The van der Waals surface area contributed by atoms with Crippen LogP contribution in [0.15, 0.2) is 6.07 Å². The fourth-order valence-corrected chi connectivity index (χ4v) is 5.28. The molecular formula is C23H28F3N7O3S. The molecule has 4 heterocycles. The van der Waals surface area contributed by atoms with Crippen LogP contribution in [0.25, 0.3) is 10.2 Å². The Bertz CT molecular complexity index is 1270. The average molecular weight is 540 g/mol. The van der Waals surface area contributed by atoms with E-state index >= 15 is 0 Å². The average Bonchev–Trinajstić information content (AvgIpc) is 3.40. The van der Waals surface area contributed by atoms with Crippen molar-refractivity contribution in [1.82, 2.24) is 29.6 Å². The third-order valence-electron chi connectivity index (χ3n) is 6.29. The molecule has 2 aliphatic rings. The standard InChI is InChI=1S/C23H28F3N7O3S/c1-3-35-18(34)13-31(11-15-4-5-15)8-9-36-22-27-19(16-10-14(2)37-20(16)28-22)32-6-7-33-17(12-32)29-30-21(33)23(24,25)26/h10,15H,3-9,11-13H2,1-2H3. The molecule has 0 unspecified atom stereocenters. The minimum atomic E-state index is -4.55. The summed E-state index contributed by atoms with van der Waals surface area (Å²) in [5.41, 5.74) is 0. The van der Waals surface area contributed by atoms with Crippen LogP contribution in [0.3, 0.4) is 0 Å². The summed E-state index contributed by atoms with van der Waals surface area (Å²) >= 11 is 1.50. The maximum atomic E-state index is 13.2. The number of fused-ring (bicyclic) bond motifs is 2. The van der Waals surface area contributed by atoms with Crippen molar-refractivity contribution in [3.05, 3.63) is 22.6 Å². The van der Waals surface area contributed by atoms with E-state index in [1.165, 1.54) is 11.3 Å². The van der Waals surface area contributed by atoms with Gasteiger partial charge >= 0.3 is 18.2 Å². The van der Waals surface area contributed by atoms with Crippen molar-refractivity contribution < 1.29 is 27.4 Å². The van der Waals surface area contributed by atoms with E-state index in [9.17, 15) is 18.0 Å². The second-order valence-corrected chi connectivity index (χ2v) is 10.5. The van der Waals surface area contributed by atoms with Crippen molar-refractivity contribution in [3.63, 3.8) is 0 Å². The van der Waals surface area contributed by atoms with Gasteiger partial charge in [-0.3, -0.25) is 9.69 Å². The number of aryl methyl sites for hydroxylation is 1. The van der Waals surface area contributed by atoms with Gasteiger partial charge in [0.1, 0.15) is 17.3 Å². The molecule has 1 aliphatic heterocycles. The number of ether oxygens (including phenoxy) is 2. The lowest BCUT2D eigenvalue weighted by molar-refractivity contribution is -0.147. The molecule has 0 saturated heterocycles. The molecule has 0 atom stereocenters. The van der Waals surface area contributed by atoms with Crippen LogP contribution >= 0.6 is 11.3 Å². The van der Waals surface area contributed by atoms with Crippen LogP contribution in [0.1, 0.15) is 36.3 Å². The Morgan fingerprint density at radius 3 is 2.78 bits per heavy atom. The van der Waals surface area contributed by atoms with Crippen molar-refractivity contribution in [1.29, 1.82) is 0 Å². The molecule has 0 aromatic carbocycles. The topological polar surface area (TPSA) is 98.5 Å². The van der Waals surface area contributed by atoms with E-state index in [-0.39, 0.29) is 44.0 Å². The van der Waals surface area contributed by atoms with E-state index in [2.05, 4.69) is 20.2 Å². The summed E-state index contributed by atoms with van der Waals surface area (Å²) in [5.74, 6) is 0.178. The molecule has 1 saturated carbocycles. The van der Waals surface area contributed by atoms with Gasteiger partial charge in [0.2, 0.25) is 5.82 Å². The largest absolute Gasteiger partial charge is 0.465 e. The van der Waals surface area contributed by atoms with Gasteiger partial charge in [-0.25, -0.2) is 0 Å². The first-order valence-corrected chi connectivity index (χ1v) is 13.1. The van der Waals surface area contributed by atoms with Gasteiger partial charge in [0.05, 0.1) is 25.1 Å². The highest BCUT2D eigenvalue weighted by Crippen LogP contribution is 2.35. The van der Waals surface area contributed by atoms with Crippen molar-refractivity contribution >= 4 is 33.3 Å². The van der Waals surface area contributed by atoms with Gasteiger partial charge in [-0.1, -0.05) is 0 Å². The predicted molar refractivity (Wildman–Crippen MR) is 130 cm³/mol. The van der Waals surface area contributed by atoms with Crippen LogP contribution in [0.4, 0.5) is 19.0 Å². The molecule has 10 nitrogen and oxygen atoms in total. The monoisotopic (exact) mass is 539 g/mol. The molecule has 1 fully saturated rings. The van der Waals surface area contributed by atoms with Crippen molar-refractivity contribution in [2.24, 2.45) is 5.92 Å². The molecule has 14 heteroatoms. The van der Waals surface area contributed by atoms with E-state index in [0.29, 0.717) is 31.4 Å². The van der Waals surface area contributed by atoms with Gasteiger partial charge in [-0.05, 0) is 38.7 Å². The first-order chi connectivity index (χ1) is 17.7. The van der Waals surface area contributed by atoms with Gasteiger partial charge in [-0.2, -0.15) is 23.1 Å². The van der Waals surface area contributed by atoms with Gasteiger partial charge in [0.15, 0.2) is 5.82 Å². The Kier molecular flexibility index (Phi) is 7.21. The Balaban J connectivity index is 1.31.